The number of alkyl halides is 3. The molecule has 1 aliphatic heterocycles. The van der Waals surface area contributed by atoms with E-state index < -0.39 is 70.1 Å². The molecule has 156 valence electrons. The number of aliphatic hydroxyl groups excluding tert-OH is 3. The molecule has 28 heavy (non-hydrogen) atoms. The van der Waals surface area contributed by atoms with Gasteiger partial charge in [-0.15, -0.1) is 0 Å². The van der Waals surface area contributed by atoms with Crippen LogP contribution in [0.15, 0.2) is 11.0 Å². The van der Waals surface area contributed by atoms with Crippen molar-refractivity contribution in [2.24, 2.45) is 0 Å². The number of aromatic amines is 1. The van der Waals surface area contributed by atoms with Crippen molar-refractivity contribution >= 4 is 23.3 Å². The molecule has 0 saturated carbocycles. The molecule has 0 aliphatic carbocycles. The second-order valence-corrected chi connectivity index (χ2v) is 5.93. The third-order valence-electron chi connectivity index (χ3n) is 3.93. The number of hydrogen-bond acceptors (Lipinski definition) is 7. The van der Waals surface area contributed by atoms with Crippen molar-refractivity contribution in [3.8, 4) is 0 Å². The molecule has 0 bridgehead atoms. The Morgan fingerprint density at radius 1 is 1.32 bits per heavy atom. The summed E-state index contributed by atoms with van der Waals surface area (Å²) in [5.41, 5.74) is -4.06. The molecule has 0 radical (unpaired) electrons. The molecule has 1 saturated heterocycles. The molecule has 1 aliphatic rings. The number of hydrogen-bond donors (Lipinski definition) is 4. The number of aromatic nitrogens is 3. The Morgan fingerprint density at radius 2 is 1.93 bits per heavy atom. The first-order valence-corrected chi connectivity index (χ1v) is 8.51. The fraction of sp³-hybridized carbons (Fsp3) is 0.533. The highest BCUT2D eigenvalue weighted by molar-refractivity contribution is 7.71. The van der Waals surface area contributed by atoms with E-state index in [1.807, 2.05) is 13.8 Å². The predicted molar refractivity (Wildman–Crippen MR) is 90.5 cm³/mol. The lowest BCUT2D eigenvalue weighted by Gasteiger charge is -2.19. The minimum absolute atomic E-state index is 0.400. The lowest BCUT2D eigenvalue weighted by Crippen LogP contribution is -2.33. The minimum Gasteiger partial charge on any atom is -0.394 e. The first-order chi connectivity index (χ1) is 13.1. The third-order valence-corrected chi connectivity index (χ3v) is 4.24. The van der Waals surface area contributed by atoms with Crippen LogP contribution in [0.4, 0.5) is 17.6 Å². The van der Waals surface area contributed by atoms with Gasteiger partial charge in [-0.2, -0.15) is 13.2 Å². The van der Waals surface area contributed by atoms with Gasteiger partial charge in [-0.05, 0) is 12.2 Å². The van der Waals surface area contributed by atoms with Crippen LogP contribution in [0.5, 0.6) is 0 Å². The maximum Gasteiger partial charge on any atom is 0.434 e. The van der Waals surface area contributed by atoms with Crippen LogP contribution in [0, 0.1) is 10.6 Å². The van der Waals surface area contributed by atoms with Crippen molar-refractivity contribution in [2.75, 3.05) is 6.61 Å². The largest absolute Gasteiger partial charge is 0.434 e. The maximum absolute atomic E-state index is 13.8. The molecule has 4 unspecified atom stereocenters. The maximum atomic E-state index is 13.8. The van der Waals surface area contributed by atoms with Gasteiger partial charge in [0.05, 0.1) is 12.0 Å². The summed E-state index contributed by atoms with van der Waals surface area (Å²) >= 11 is 4.91. The summed E-state index contributed by atoms with van der Waals surface area (Å²) in [5.74, 6) is -2.04. The summed E-state index contributed by atoms with van der Waals surface area (Å²) in [7, 11) is 0. The molecule has 2 aromatic rings. The van der Waals surface area contributed by atoms with Crippen LogP contribution in [-0.4, -0.2) is 54.8 Å². The van der Waals surface area contributed by atoms with E-state index in [-0.39, 0.29) is 0 Å². The molecule has 0 aromatic carbocycles. The van der Waals surface area contributed by atoms with Gasteiger partial charge >= 0.3 is 6.18 Å². The molecule has 13 heteroatoms. The van der Waals surface area contributed by atoms with E-state index in [2.05, 4.69) is 4.98 Å². The first-order valence-electron chi connectivity index (χ1n) is 8.10. The van der Waals surface area contributed by atoms with Gasteiger partial charge in [0.1, 0.15) is 24.0 Å². The third kappa shape index (κ3) is 3.80. The molecular weight excluding hydrogens is 410 g/mol. The number of H-pyrrole nitrogens is 1. The van der Waals surface area contributed by atoms with Crippen molar-refractivity contribution in [3.63, 3.8) is 0 Å². The van der Waals surface area contributed by atoms with Gasteiger partial charge in [-0.1, -0.05) is 13.8 Å². The van der Waals surface area contributed by atoms with Crippen LogP contribution < -0.4 is 5.43 Å². The van der Waals surface area contributed by atoms with Crippen molar-refractivity contribution in [1.29, 1.82) is 0 Å². The highest BCUT2D eigenvalue weighted by Crippen LogP contribution is 2.31. The molecule has 2 aromatic heterocycles. The molecule has 8 nitrogen and oxygen atoms in total. The number of ether oxygens (including phenoxy) is 1. The van der Waals surface area contributed by atoms with Gasteiger partial charge < -0.3 is 25.0 Å². The van der Waals surface area contributed by atoms with Gasteiger partial charge in [0.2, 0.25) is 10.2 Å². The van der Waals surface area contributed by atoms with Crippen LogP contribution in [0.1, 0.15) is 25.8 Å². The second-order valence-electron chi connectivity index (χ2n) is 5.56. The fourth-order valence-electron chi connectivity index (χ4n) is 2.62. The number of pyridine rings is 1. The van der Waals surface area contributed by atoms with Crippen LogP contribution in [0.3, 0.4) is 0 Å². The van der Waals surface area contributed by atoms with Crippen molar-refractivity contribution < 1.29 is 37.6 Å². The Hall–Kier alpha value is -1.93. The molecular formula is C15H17F4N3O5S. The molecule has 0 amide bonds. The zero-order valence-electron chi connectivity index (χ0n) is 14.6. The Morgan fingerprint density at radius 3 is 2.43 bits per heavy atom. The zero-order valence-corrected chi connectivity index (χ0v) is 15.4. The van der Waals surface area contributed by atoms with E-state index in [9.17, 15) is 32.6 Å². The number of fused-ring (bicyclic) bond motifs is 1. The van der Waals surface area contributed by atoms with E-state index in [1.165, 1.54) is 0 Å². The number of aliphatic hydroxyl groups is 3. The average molecular weight is 427 g/mol. The van der Waals surface area contributed by atoms with Crippen molar-refractivity contribution in [3.05, 3.63) is 32.7 Å². The summed E-state index contributed by atoms with van der Waals surface area (Å²) in [6.07, 6.45) is -9.86. The number of rotatable bonds is 2. The van der Waals surface area contributed by atoms with E-state index >= 15 is 0 Å². The van der Waals surface area contributed by atoms with E-state index in [0.29, 0.717) is 0 Å². The normalized spacial score (nSPS) is 24.9. The van der Waals surface area contributed by atoms with Gasteiger partial charge in [0.15, 0.2) is 17.7 Å². The monoisotopic (exact) mass is 427 g/mol. The lowest BCUT2D eigenvalue weighted by molar-refractivity contribution is -0.143. The number of nitrogens with one attached hydrogen (secondary N) is 1. The molecule has 4 atom stereocenters. The van der Waals surface area contributed by atoms with Gasteiger partial charge in [0, 0.05) is 6.20 Å². The van der Waals surface area contributed by atoms with E-state index in [0.717, 1.165) is 10.8 Å². The Kier molecular flexibility index (Phi) is 6.55. The number of halogens is 4. The zero-order chi connectivity index (χ0) is 21.4. The molecule has 4 N–H and O–H groups in total. The Balaban J connectivity index is 0.00000136. The quantitative estimate of drug-likeness (QED) is 0.421. The topological polar surface area (TPSA) is 121 Å². The summed E-state index contributed by atoms with van der Waals surface area (Å²) in [6.45, 7) is 3.37. The van der Waals surface area contributed by atoms with Crippen LogP contribution in [-0.2, 0) is 10.9 Å². The van der Waals surface area contributed by atoms with Crippen LogP contribution in [0.25, 0.3) is 11.0 Å². The minimum atomic E-state index is -5.14. The first kappa shape index (κ1) is 22.4. The fourth-order valence-corrected chi connectivity index (χ4v) is 2.87. The Bertz CT molecular complexity index is 977. The van der Waals surface area contributed by atoms with Crippen molar-refractivity contribution in [1.82, 2.24) is 14.5 Å². The highest BCUT2D eigenvalue weighted by atomic mass is 32.1. The summed E-state index contributed by atoms with van der Waals surface area (Å²) in [4.78, 5) is 17.3. The van der Waals surface area contributed by atoms with Gasteiger partial charge in [0.25, 0.3) is 0 Å². The molecule has 3 rings (SSSR count). The Labute approximate surface area is 160 Å². The molecule has 0 spiro atoms. The highest BCUT2D eigenvalue weighted by Gasteiger charge is 2.44. The summed E-state index contributed by atoms with van der Waals surface area (Å²) in [6, 6.07) is 0. The number of nitrogens with zero attached hydrogens (tertiary/aromatic N) is 2. The lowest BCUT2D eigenvalue weighted by atomic mass is 10.1. The van der Waals surface area contributed by atoms with E-state index in [4.69, 9.17) is 22.1 Å². The SMILES string of the molecule is CC.O=c1c(F)c(C(F)(F)F)[nH]c2nc(=S)n(C3OC(CO)C(O)C3O)cc12. The van der Waals surface area contributed by atoms with Crippen molar-refractivity contribution in [2.45, 2.75) is 44.6 Å². The predicted octanol–water partition coefficient (Wildman–Crippen LogP) is 1.25. The molecule has 3 heterocycles. The van der Waals surface area contributed by atoms with Crippen LogP contribution >= 0.6 is 12.2 Å². The second kappa shape index (κ2) is 8.21. The summed E-state index contributed by atoms with van der Waals surface area (Å²) < 4.78 is 57.9. The van der Waals surface area contributed by atoms with E-state index in [1.54, 1.807) is 4.98 Å². The molecule has 1 fully saturated rings. The standard InChI is InChI=1S/C13H11F4N3O5S.C2H6/c14-5-6(22)3-1-20(11-8(24)7(23)4(2-21)25-11)12(26)19-10(3)18-9(5)13(15,16)17;1-2/h1,4,7-8,11,21,23-24H,2H2,(H,18,19,26);1-2H3. The smallest absolute Gasteiger partial charge is 0.394 e. The van der Waals surface area contributed by atoms with Gasteiger partial charge in [-0.3, -0.25) is 9.36 Å². The average Bonchev–Trinajstić information content (AvgIpc) is 2.93. The summed E-state index contributed by atoms with van der Waals surface area (Å²) in [5, 5.41) is 28.3. The van der Waals surface area contributed by atoms with Crippen LogP contribution in [0.2, 0.25) is 0 Å². The van der Waals surface area contributed by atoms with Gasteiger partial charge in [-0.25, -0.2) is 9.37 Å².